The van der Waals surface area contributed by atoms with Crippen molar-refractivity contribution in [3.8, 4) is 0 Å². The average Bonchev–Trinajstić information content (AvgIpc) is 2.90. The van der Waals surface area contributed by atoms with E-state index in [1.165, 1.54) is 6.42 Å². The van der Waals surface area contributed by atoms with Crippen molar-refractivity contribution >= 4 is 22.1 Å². The molecule has 4 nitrogen and oxygen atoms in total. The Morgan fingerprint density at radius 2 is 2.50 bits per heavy atom. The summed E-state index contributed by atoms with van der Waals surface area (Å²) >= 11 is 1.59. The first-order valence-electron chi connectivity index (χ1n) is 6.37. The first-order valence-corrected chi connectivity index (χ1v) is 7.25. The van der Waals surface area contributed by atoms with Crippen LogP contribution in [0, 0.1) is 0 Å². The topological polar surface area (TPSA) is 46.4 Å². The molecule has 3 rings (SSSR count). The molecule has 1 atom stereocenters. The monoisotopic (exact) mass is 263 g/mol. The summed E-state index contributed by atoms with van der Waals surface area (Å²) in [5.41, 5.74) is 0.524. The lowest BCUT2D eigenvalue weighted by molar-refractivity contribution is -0.125. The second kappa shape index (κ2) is 4.48. The standard InChI is InChI=1S/C13H17N3OS/c1-13(4-2-3-5-14-13)11(17)8-10-9-16-6-7-18-12(16)15-10/h6-7,9,14H,2-5,8H2,1H3. The number of Topliss-reactive ketones (excluding diaryl/α,β-unsaturated/α-hetero) is 1. The van der Waals surface area contributed by atoms with Crippen LogP contribution in [0.3, 0.4) is 0 Å². The average molecular weight is 263 g/mol. The van der Waals surface area contributed by atoms with Crippen molar-refractivity contribution < 1.29 is 4.79 Å². The van der Waals surface area contributed by atoms with Crippen LogP contribution >= 0.6 is 11.3 Å². The second-order valence-electron chi connectivity index (χ2n) is 5.14. The van der Waals surface area contributed by atoms with Gasteiger partial charge in [0, 0.05) is 17.8 Å². The number of aromatic nitrogens is 2. The summed E-state index contributed by atoms with van der Waals surface area (Å²) < 4.78 is 1.98. The van der Waals surface area contributed by atoms with Gasteiger partial charge in [-0.3, -0.25) is 9.20 Å². The molecule has 96 valence electrons. The van der Waals surface area contributed by atoms with Gasteiger partial charge in [0.05, 0.1) is 17.7 Å². The summed E-state index contributed by atoms with van der Waals surface area (Å²) in [4.78, 5) is 17.8. The molecule has 1 N–H and O–H groups in total. The number of piperidine rings is 1. The zero-order valence-electron chi connectivity index (χ0n) is 10.5. The number of nitrogens with one attached hydrogen (secondary N) is 1. The minimum absolute atomic E-state index is 0.257. The van der Waals surface area contributed by atoms with E-state index in [9.17, 15) is 4.79 Å². The fourth-order valence-electron chi connectivity index (χ4n) is 2.52. The van der Waals surface area contributed by atoms with Crippen LogP contribution in [0.5, 0.6) is 0 Å². The van der Waals surface area contributed by atoms with Gasteiger partial charge in [-0.05, 0) is 32.7 Å². The van der Waals surface area contributed by atoms with E-state index in [0.29, 0.717) is 6.42 Å². The van der Waals surface area contributed by atoms with Gasteiger partial charge in [-0.25, -0.2) is 4.98 Å². The third-order valence-electron chi connectivity index (χ3n) is 3.72. The molecule has 1 saturated heterocycles. The minimum Gasteiger partial charge on any atom is -0.305 e. The quantitative estimate of drug-likeness (QED) is 0.921. The molecule has 1 aliphatic heterocycles. The van der Waals surface area contributed by atoms with Crippen molar-refractivity contribution in [1.29, 1.82) is 0 Å². The van der Waals surface area contributed by atoms with E-state index in [4.69, 9.17) is 0 Å². The molecule has 18 heavy (non-hydrogen) atoms. The van der Waals surface area contributed by atoms with Crippen molar-refractivity contribution in [2.24, 2.45) is 0 Å². The van der Waals surface area contributed by atoms with Crippen LogP contribution < -0.4 is 5.32 Å². The lowest BCUT2D eigenvalue weighted by atomic mass is 9.85. The van der Waals surface area contributed by atoms with Gasteiger partial charge < -0.3 is 5.32 Å². The summed E-state index contributed by atoms with van der Waals surface area (Å²) in [5.74, 6) is 0.257. The van der Waals surface area contributed by atoms with Crippen LogP contribution in [0.1, 0.15) is 31.9 Å². The summed E-state index contributed by atoms with van der Waals surface area (Å²) in [6, 6.07) is 0. The Morgan fingerprint density at radius 3 is 3.22 bits per heavy atom. The van der Waals surface area contributed by atoms with E-state index < -0.39 is 0 Å². The maximum Gasteiger partial charge on any atom is 0.193 e. The zero-order valence-corrected chi connectivity index (χ0v) is 11.3. The summed E-state index contributed by atoms with van der Waals surface area (Å²) in [6.07, 6.45) is 7.60. The van der Waals surface area contributed by atoms with Gasteiger partial charge in [-0.15, -0.1) is 11.3 Å². The lowest BCUT2D eigenvalue weighted by Gasteiger charge is -2.33. The highest BCUT2D eigenvalue weighted by Crippen LogP contribution is 2.22. The van der Waals surface area contributed by atoms with Crippen LogP contribution in [-0.4, -0.2) is 27.3 Å². The molecule has 0 spiro atoms. The third kappa shape index (κ3) is 2.08. The minimum atomic E-state index is -0.352. The van der Waals surface area contributed by atoms with Gasteiger partial charge >= 0.3 is 0 Å². The number of fused-ring (bicyclic) bond motifs is 1. The fraction of sp³-hybridized carbons (Fsp3) is 0.538. The number of ketones is 1. The van der Waals surface area contributed by atoms with Crippen molar-refractivity contribution in [3.63, 3.8) is 0 Å². The molecule has 5 heteroatoms. The van der Waals surface area contributed by atoms with Crippen LogP contribution in [0.25, 0.3) is 4.96 Å². The first kappa shape index (κ1) is 11.9. The number of hydrogen-bond acceptors (Lipinski definition) is 4. The van der Waals surface area contributed by atoms with Crippen molar-refractivity contribution in [2.75, 3.05) is 6.54 Å². The molecule has 2 aromatic heterocycles. The molecule has 0 aliphatic carbocycles. The summed E-state index contributed by atoms with van der Waals surface area (Å²) in [7, 11) is 0. The number of hydrogen-bond donors (Lipinski definition) is 1. The Balaban J connectivity index is 1.75. The van der Waals surface area contributed by atoms with E-state index in [1.54, 1.807) is 11.3 Å². The van der Waals surface area contributed by atoms with E-state index >= 15 is 0 Å². The molecule has 2 aromatic rings. The molecular formula is C13H17N3OS. The van der Waals surface area contributed by atoms with Crippen LogP contribution in [0.4, 0.5) is 0 Å². The van der Waals surface area contributed by atoms with Crippen LogP contribution in [-0.2, 0) is 11.2 Å². The maximum absolute atomic E-state index is 12.4. The summed E-state index contributed by atoms with van der Waals surface area (Å²) in [5, 5.41) is 5.36. The molecule has 1 fully saturated rings. The molecule has 0 amide bonds. The molecule has 1 unspecified atom stereocenters. The van der Waals surface area contributed by atoms with E-state index in [-0.39, 0.29) is 11.3 Å². The number of imidazole rings is 1. The smallest absolute Gasteiger partial charge is 0.193 e. The molecule has 0 saturated carbocycles. The molecule has 0 aromatic carbocycles. The number of rotatable bonds is 3. The zero-order chi connectivity index (χ0) is 12.6. The SMILES string of the molecule is CC1(C(=O)Cc2cn3ccsc3n2)CCCCN1. The number of carbonyl (C=O) groups excluding carboxylic acids is 1. The normalized spacial score (nSPS) is 24.5. The van der Waals surface area contributed by atoms with Crippen LogP contribution in [0.15, 0.2) is 17.8 Å². The first-order chi connectivity index (χ1) is 8.67. The predicted molar refractivity (Wildman–Crippen MR) is 72.0 cm³/mol. The van der Waals surface area contributed by atoms with E-state index in [0.717, 1.165) is 30.0 Å². The van der Waals surface area contributed by atoms with Crippen LogP contribution in [0.2, 0.25) is 0 Å². The molecule has 0 radical (unpaired) electrons. The highest BCUT2D eigenvalue weighted by atomic mass is 32.1. The van der Waals surface area contributed by atoms with Gasteiger partial charge in [0.25, 0.3) is 0 Å². The number of carbonyl (C=O) groups is 1. The predicted octanol–water partition coefficient (Wildman–Crippen LogP) is 2.04. The Labute approximate surface area is 110 Å². The van der Waals surface area contributed by atoms with Gasteiger partial charge in [0.15, 0.2) is 10.7 Å². The fourth-order valence-corrected chi connectivity index (χ4v) is 3.23. The molecule has 0 bridgehead atoms. The summed E-state index contributed by atoms with van der Waals surface area (Å²) in [6.45, 7) is 2.97. The largest absolute Gasteiger partial charge is 0.305 e. The van der Waals surface area contributed by atoms with Gasteiger partial charge in [0.2, 0.25) is 0 Å². The van der Waals surface area contributed by atoms with Crippen molar-refractivity contribution in [1.82, 2.24) is 14.7 Å². The van der Waals surface area contributed by atoms with E-state index in [2.05, 4.69) is 10.3 Å². The number of thiazole rings is 1. The lowest BCUT2D eigenvalue weighted by Crippen LogP contribution is -2.52. The molecular weight excluding hydrogens is 246 g/mol. The Kier molecular flexibility index (Phi) is 2.95. The van der Waals surface area contributed by atoms with Gasteiger partial charge in [-0.1, -0.05) is 0 Å². The third-order valence-corrected chi connectivity index (χ3v) is 4.49. The molecule has 3 heterocycles. The highest BCUT2D eigenvalue weighted by Gasteiger charge is 2.34. The second-order valence-corrected chi connectivity index (χ2v) is 6.01. The number of nitrogens with zero attached hydrogens (tertiary/aromatic N) is 2. The van der Waals surface area contributed by atoms with Crippen molar-refractivity contribution in [3.05, 3.63) is 23.5 Å². The Hall–Kier alpha value is -1.20. The maximum atomic E-state index is 12.4. The van der Waals surface area contributed by atoms with Gasteiger partial charge in [0.1, 0.15) is 0 Å². The Morgan fingerprint density at radius 1 is 1.61 bits per heavy atom. The van der Waals surface area contributed by atoms with Gasteiger partial charge in [-0.2, -0.15) is 0 Å². The Bertz CT molecular complexity index is 537. The van der Waals surface area contributed by atoms with Crippen molar-refractivity contribution in [2.45, 2.75) is 38.1 Å². The molecule has 1 aliphatic rings. The highest BCUT2D eigenvalue weighted by molar-refractivity contribution is 7.15. The van der Waals surface area contributed by atoms with E-state index in [1.807, 2.05) is 29.1 Å².